The Hall–Kier alpha value is -1.63. The molecule has 2 rings (SSSR count). The highest BCUT2D eigenvalue weighted by atomic mass is 32.1. The fourth-order valence-corrected chi connectivity index (χ4v) is 3.95. The highest BCUT2D eigenvalue weighted by molar-refractivity contribution is 7.11. The average molecular weight is 326 g/mol. The van der Waals surface area contributed by atoms with Crippen LogP contribution in [0.4, 0.5) is 0 Å². The number of amides is 1. The zero-order valence-electron chi connectivity index (χ0n) is 13.0. The summed E-state index contributed by atoms with van der Waals surface area (Å²) in [5.74, 6) is -1.23. The standard InChI is InChI=1S/C15H22N2O4S/c1-3-11-13(14(19)20)22-15(21)17(11)9-12(18)16(2)10-7-5-4-6-8-10/h10H,3-9H2,1-2H3,(H,19,20). The number of aromatic carboxylic acids is 1. The molecule has 1 N–H and O–H groups in total. The summed E-state index contributed by atoms with van der Waals surface area (Å²) in [6.07, 6.45) is 5.89. The van der Waals surface area contributed by atoms with Gasteiger partial charge in [0.2, 0.25) is 5.91 Å². The number of rotatable bonds is 5. The highest BCUT2D eigenvalue weighted by Gasteiger charge is 2.25. The third-order valence-electron chi connectivity index (χ3n) is 4.34. The Morgan fingerprint density at radius 2 is 1.95 bits per heavy atom. The molecule has 0 bridgehead atoms. The number of carbonyl (C=O) groups excluding carboxylic acids is 1. The second-order valence-electron chi connectivity index (χ2n) is 5.69. The van der Waals surface area contributed by atoms with E-state index < -0.39 is 5.97 Å². The number of thiazole rings is 1. The second-order valence-corrected chi connectivity index (χ2v) is 6.65. The number of nitrogens with zero attached hydrogens (tertiary/aromatic N) is 2. The van der Waals surface area contributed by atoms with E-state index >= 15 is 0 Å². The number of carboxylic acids is 1. The van der Waals surface area contributed by atoms with Crippen LogP contribution in [0.15, 0.2) is 4.79 Å². The predicted molar refractivity (Wildman–Crippen MR) is 84.6 cm³/mol. The molecular weight excluding hydrogens is 304 g/mol. The van der Waals surface area contributed by atoms with Gasteiger partial charge in [-0.2, -0.15) is 0 Å². The molecule has 1 heterocycles. The summed E-state index contributed by atoms with van der Waals surface area (Å²) in [5, 5.41) is 9.14. The summed E-state index contributed by atoms with van der Waals surface area (Å²) in [6, 6.07) is 0.236. The maximum absolute atomic E-state index is 12.4. The van der Waals surface area contributed by atoms with Crippen LogP contribution in [0.5, 0.6) is 0 Å². The first-order chi connectivity index (χ1) is 10.5. The van der Waals surface area contributed by atoms with E-state index in [-0.39, 0.29) is 28.2 Å². The van der Waals surface area contributed by atoms with Crippen LogP contribution >= 0.6 is 11.3 Å². The monoisotopic (exact) mass is 326 g/mol. The maximum atomic E-state index is 12.4. The van der Waals surface area contributed by atoms with Gasteiger partial charge in [0.05, 0.1) is 0 Å². The van der Waals surface area contributed by atoms with Gasteiger partial charge in [0.1, 0.15) is 11.4 Å². The van der Waals surface area contributed by atoms with Gasteiger partial charge >= 0.3 is 10.8 Å². The number of aromatic nitrogens is 1. The summed E-state index contributed by atoms with van der Waals surface area (Å²) >= 11 is 0.700. The summed E-state index contributed by atoms with van der Waals surface area (Å²) < 4.78 is 1.32. The molecule has 1 fully saturated rings. The molecule has 122 valence electrons. The predicted octanol–water partition coefficient (Wildman–Crippen LogP) is 1.96. The van der Waals surface area contributed by atoms with Crippen LogP contribution in [-0.4, -0.2) is 39.5 Å². The summed E-state index contributed by atoms with van der Waals surface area (Å²) in [6.45, 7) is 1.72. The molecule has 0 spiro atoms. The van der Waals surface area contributed by atoms with Crippen molar-refractivity contribution in [3.05, 3.63) is 20.2 Å². The minimum Gasteiger partial charge on any atom is -0.477 e. The van der Waals surface area contributed by atoms with E-state index in [1.807, 2.05) is 0 Å². The van der Waals surface area contributed by atoms with Crippen molar-refractivity contribution in [2.45, 2.75) is 58.0 Å². The van der Waals surface area contributed by atoms with Gasteiger partial charge in [0.25, 0.3) is 0 Å². The van der Waals surface area contributed by atoms with Gasteiger partial charge in [-0.15, -0.1) is 0 Å². The van der Waals surface area contributed by atoms with Gasteiger partial charge in [0.15, 0.2) is 0 Å². The van der Waals surface area contributed by atoms with Crippen LogP contribution in [0, 0.1) is 0 Å². The fraction of sp³-hybridized carbons (Fsp3) is 0.667. The highest BCUT2D eigenvalue weighted by Crippen LogP contribution is 2.22. The smallest absolute Gasteiger partial charge is 0.347 e. The number of carbonyl (C=O) groups is 2. The normalized spacial score (nSPS) is 15.7. The molecule has 0 aromatic carbocycles. The van der Waals surface area contributed by atoms with E-state index in [1.165, 1.54) is 11.0 Å². The van der Waals surface area contributed by atoms with Crippen molar-refractivity contribution in [1.82, 2.24) is 9.47 Å². The van der Waals surface area contributed by atoms with E-state index in [2.05, 4.69) is 0 Å². The molecule has 0 saturated heterocycles. The Morgan fingerprint density at radius 1 is 1.32 bits per heavy atom. The zero-order valence-corrected chi connectivity index (χ0v) is 13.8. The molecular formula is C15H22N2O4S. The Balaban J connectivity index is 2.17. The van der Waals surface area contributed by atoms with Gasteiger partial charge in [0, 0.05) is 18.8 Å². The SMILES string of the molecule is CCc1c(C(=O)O)sc(=O)n1CC(=O)N(C)C1CCCCC1. The average Bonchev–Trinajstić information content (AvgIpc) is 2.83. The molecule has 0 aliphatic heterocycles. The van der Waals surface area contributed by atoms with Crippen molar-refractivity contribution in [1.29, 1.82) is 0 Å². The molecule has 0 atom stereocenters. The van der Waals surface area contributed by atoms with Crippen LogP contribution in [0.2, 0.25) is 0 Å². The van der Waals surface area contributed by atoms with Crippen molar-refractivity contribution < 1.29 is 14.7 Å². The van der Waals surface area contributed by atoms with Gasteiger partial charge < -0.3 is 10.0 Å². The van der Waals surface area contributed by atoms with Gasteiger partial charge in [-0.05, 0) is 19.3 Å². The lowest BCUT2D eigenvalue weighted by atomic mass is 9.94. The quantitative estimate of drug-likeness (QED) is 0.897. The van der Waals surface area contributed by atoms with Gasteiger partial charge in [-0.1, -0.05) is 37.5 Å². The molecule has 1 aromatic heterocycles. The Bertz CT molecular complexity index is 614. The van der Waals surface area contributed by atoms with Crippen molar-refractivity contribution in [3.8, 4) is 0 Å². The summed E-state index contributed by atoms with van der Waals surface area (Å²) in [4.78, 5) is 37.0. The van der Waals surface area contributed by atoms with E-state index in [1.54, 1.807) is 18.9 Å². The lowest BCUT2D eigenvalue weighted by Crippen LogP contribution is -2.41. The van der Waals surface area contributed by atoms with E-state index in [0.717, 1.165) is 25.7 Å². The van der Waals surface area contributed by atoms with Crippen molar-refractivity contribution in [3.63, 3.8) is 0 Å². The third-order valence-corrected chi connectivity index (χ3v) is 5.35. The van der Waals surface area contributed by atoms with E-state index in [9.17, 15) is 14.4 Å². The lowest BCUT2D eigenvalue weighted by molar-refractivity contribution is -0.133. The molecule has 7 heteroatoms. The molecule has 1 amide bonds. The lowest BCUT2D eigenvalue weighted by Gasteiger charge is -2.31. The molecule has 6 nitrogen and oxygen atoms in total. The number of likely N-dealkylation sites (N-methyl/N-ethyl adjacent to an activating group) is 1. The largest absolute Gasteiger partial charge is 0.477 e. The van der Waals surface area contributed by atoms with Gasteiger partial charge in [-0.3, -0.25) is 14.2 Å². The van der Waals surface area contributed by atoms with Crippen molar-refractivity contribution in [2.24, 2.45) is 0 Å². The second kappa shape index (κ2) is 7.09. The molecule has 1 aliphatic carbocycles. The van der Waals surface area contributed by atoms with E-state index in [0.29, 0.717) is 23.5 Å². The molecule has 1 saturated carbocycles. The Labute approximate surface area is 133 Å². The first kappa shape index (κ1) is 16.7. The minimum atomic E-state index is -1.11. The first-order valence-corrected chi connectivity index (χ1v) is 8.48. The van der Waals surface area contributed by atoms with Crippen LogP contribution in [0.1, 0.15) is 54.4 Å². The van der Waals surface area contributed by atoms with Crippen molar-refractivity contribution in [2.75, 3.05) is 7.05 Å². The summed E-state index contributed by atoms with van der Waals surface area (Å²) in [7, 11) is 1.78. The molecule has 0 unspecified atom stereocenters. The molecule has 1 aliphatic rings. The number of hydrogen-bond donors (Lipinski definition) is 1. The molecule has 1 aromatic rings. The molecule has 22 heavy (non-hydrogen) atoms. The van der Waals surface area contributed by atoms with E-state index in [4.69, 9.17) is 5.11 Å². The number of carboxylic acid groups (broad SMARTS) is 1. The van der Waals surface area contributed by atoms with Gasteiger partial charge in [-0.25, -0.2) is 4.79 Å². The summed E-state index contributed by atoms with van der Waals surface area (Å²) in [5.41, 5.74) is 0.438. The molecule has 0 radical (unpaired) electrons. The van der Waals surface area contributed by atoms with Crippen molar-refractivity contribution >= 4 is 23.2 Å². The third kappa shape index (κ3) is 3.40. The Kier molecular flexibility index (Phi) is 5.39. The van der Waals surface area contributed by atoms with Crippen LogP contribution in [0.25, 0.3) is 0 Å². The maximum Gasteiger partial charge on any atom is 0.347 e. The number of hydrogen-bond acceptors (Lipinski definition) is 4. The van der Waals surface area contributed by atoms with Crippen LogP contribution < -0.4 is 4.87 Å². The zero-order chi connectivity index (χ0) is 16.3. The van der Waals surface area contributed by atoms with Crippen LogP contribution in [0.3, 0.4) is 0 Å². The Morgan fingerprint density at radius 3 is 2.50 bits per heavy atom. The minimum absolute atomic E-state index is 0.0422. The topological polar surface area (TPSA) is 79.6 Å². The fourth-order valence-electron chi connectivity index (χ4n) is 3.03. The van der Waals surface area contributed by atoms with Crippen LogP contribution in [-0.2, 0) is 17.8 Å². The first-order valence-electron chi connectivity index (χ1n) is 7.67.